The van der Waals surface area contributed by atoms with E-state index in [0.29, 0.717) is 0 Å². The topological polar surface area (TPSA) is 6.48 Å². The Labute approximate surface area is 372 Å². The monoisotopic (exact) mass is 824 g/mol. The first kappa shape index (κ1) is 40.5. The molecule has 0 N–H and O–H groups in total. The van der Waals surface area contributed by atoms with Crippen molar-refractivity contribution in [2.75, 3.05) is 9.80 Å². The molecule has 0 fully saturated rings. The molecule has 3 aliphatic rings. The van der Waals surface area contributed by atoms with Crippen molar-refractivity contribution in [2.45, 2.75) is 105 Å². The molecule has 2 nitrogen and oxygen atoms in total. The minimum atomic E-state index is -2.83. The van der Waals surface area contributed by atoms with Crippen molar-refractivity contribution in [2.24, 2.45) is 0 Å². The van der Waals surface area contributed by atoms with Crippen molar-refractivity contribution in [1.29, 1.82) is 0 Å². The SMILES string of the molecule is CC(C)(C)c1cc(N2c3cc(C(C)(C)C)ccc3B3c4cccc5c4N(c4ccccc4[Si]5(c4ccccc4)c4ccccc4)c4cc(C(C)(C)C)cc2c43)cc(C(C)(C)C)c1. The highest BCUT2D eigenvalue weighted by molar-refractivity contribution is 7.22. The van der Waals surface area contributed by atoms with E-state index in [-0.39, 0.29) is 28.4 Å². The van der Waals surface area contributed by atoms with E-state index in [1.54, 1.807) is 0 Å². The zero-order valence-electron chi connectivity index (χ0n) is 38.9. The standard InChI is InChI=1S/C58H61BN2Si/c1-55(2,3)38-30-31-45-48(35-38)60(42-33-39(56(4,5)6)32-40(34-42)57(7,8)9)49-36-41(58(10,11)12)37-50-53(49)59(45)46-26-21-29-52-54(46)61(50)47-27-19-20-28-51(47)62(52,43-22-15-13-16-23-43)44-24-17-14-18-25-44/h13-37H,1-12H3. The summed E-state index contributed by atoms with van der Waals surface area (Å²) in [4.78, 5) is 5.36. The maximum atomic E-state index is 2.70. The highest BCUT2D eigenvalue weighted by Gasteiger charge is 2.53. The molecule has 0 saturated heterocycles. The van der Waals surface area contributed by atoms with Crippen molar-refractivity contribution in [1.82, 2.24) is 0 Å². The summed E-state index contributed by atoms with van der Waals surface area (Å²) in [5, 5.41) is 5.73. The van der Waals surface area contributed by atoms with Gasteiger partial charge in [0.15, 0.2) is 8.07 Å². The molecule has 10 rings (SSSR count). The second-order valence-electron chi connectivity index (χ2n) is 22.3. The van der Waals surface area contributed by atoms with Gasteiger partial charge in [0.25, 0.3) is 6.71 Å². The highest BCUT2D eigenvalue weighted by Crippen LogP contribution is 2.48. The van der Waals surface area contributed by atoms with Crippen molar-refractivity contribution in [3.05, 3.63) is 174 Å². The van der Waals surface area contributed by atoms with E-state index in [4.69, 9.17) is 0 Å². The molecule has 0 bridgehead atoms. The molecule has 0 radical (unpaired) electrons. The molecule has 0 aliphatic carbocycles. The van der Waals surface area contributed by atoms with Crippen LogP contribution in [-0.2, 0) is 21.7 Å². The summed E-state index contributed by atoms with van der Waals surface area (Å²) < 4.78 is 0. The zero-order valence-corrected chi connectivity index (χ0v) is 39.9. The van der Waals surface area contributed by atoms with Crippen molar-refractivity contribution >= 4 is 86.0 Å². The zero-order chi connectivity index (χ0) is 43.7. The average molecular weight is 825 g/mol. The van der Waals surface area contributed by atoms with E-state index in [9.17, 15) is 0 Å². The number of anilines is 6. The van der Waals surface area contributed by atoms with Gasteiger partial charge in [-0.15, -0.1) is 0 Å². The van der Waals surface area contributed by atoms with Gasteiger partial charge >= 0.3 is 0 Å². The van der Waals surface area contributed by atoms with Gasteiger partial charge in [-0.25, -0.2) is 0 Å². The summed E-state index contributed by atoms with van der Waals surface area (Å²) in [6.45, 7) is 28.4. The van der Waals surface area contributed by atoms with E-state index < -0.39 is 8.07 Å². The first-order chi connectivity index (χ1) is 29.3. The van der Waals surface area contributed by atoms with Crippen LogP contribution in [0.3, 0.4) is 0 Å². The molecule has 0 saturated carbocycles. The summed E-state index contributed by atoms with van der Waals surface area (Å²) in [6.07, 6.45) is 0. The van der Waals surface area contributed by atoms with Gasteiger partial charge < -0.3 is 9.80 Å². The Morgan fingerprint density at radius 2 is 0.855 bits per heavy atom. The van der Waals surface area contributed by atoms with Gasteiger partial charge in [0.05, 0.1) is 0 Å². The molecule has 3 aliphatic heterocycles. The van der Waals surface area contributed by atoms with E-state index in [0.717, 1.165) is 0 Å². The van der Waals surface area contributed by atoms with Crippen LogP contribution in [0.1, 0.15) is 105 Å². The summed E-state index contributed by atoms with van der Waals surface area (Å²) in [5.41, 5.74) is 17.1. The lowest BCUT2D eigenvalue weighted by atomic mass is 9.33. The van der Waals surface area contributed by atoms with Crippen LogP contribution in [-0.4, -0.2) is 14.8 Å². The molecular weight excluding hydrogens is 764 g/mol. The van der Waals surface area contributed by atoms with Gasteiger partial charge in [0, 0.05) is 34.1 Å². The maximum absolute atomic E-state index is 2.83. The van der Waals surface area contributed by atoms with E-state index >= 15 is 0 Å². The number of hydrogen-bond donors (Lipinski definition) is 0. The third-order valence-corrected chi connectivity index (χ3v) is 18.9. The fourth-order valence-corrected chi connectivity index (χ4v) is 15.8. The Bertz CT molecular complexity index is 2830. The van der Waals surface area contributed by atoms with Gasteiger partial charge in [-0.3, -0.25) is 0 Å². The Kier molecular flexibility index (Phi) is 8.95. The summed E-state index contributed by atoms with van der Waals surface area (Å²) in [5.74, 6) is 0. The normalized spacial score (nSPS) is 15.1. The van der Waals surface area contributed by atoms with Crippen LogP contribution >= 0.6 is 0 Å². The predicted molar refractivity (Wildman–Crippen MR) is 272 cm³/mol. The van der Waals surface area contributed by atoms with Crippen molar-refractivity contribution in [3.8, 4) is 0 Å². The molecule has 7 aromatic carbocycles. The van der Waals surface area contributed by atoms with Crippen LogP contribution in [0.5, 0.6) is 0 Å². The van der Waals surface area contributed by atoms with Crippen LogP contribution in [0.4, 0.5) is 34.1 Å². The smallest absolute Gasteiger partial charge is 0.252 e. The highest BCUT2D eigenvalue weighted by atomic mass is 28.3. The summed E-state index contributed by atoms with van der Waals surface area (Å²) >= 11 is 0. The van der Waals surface area contributed by atoms with Gasteiger partial charge in [0.1, 0.15) is 0 Å². The molecule has 0 atom stereocenters. The van der Waals surface area contributed by atoms with E-state index in [2.05, 4.69) is 245 Å². The lowest BCUT2D eigenvalue weighted by Gasteiger charge is -2.51. The van der Waals surface area contributed by atoms with Crippen molar-refractivity contribution < 1.29 is 0 Å². The van der Waals surface area contributed by atoms with Crippen LogP contribution < -0.4 is 46.9 Å². The fraction of sp³-hybridized carbons (Fsp3) is 0.276. The van der Waals surface area contributed by atoms with Gasteiger partial charge in [0.2, 0.25) is 0 Å². The number of nitrogens with zero attached hydrogens (tertiary/aromatic N) is 2. The molecule has 0 unspecified atom stereocenters. The molecule has 4 heteroatoms. The second-order valence-corrected chi connectivity index (χ2v) is 26.0. The fourth-order valence-electron chi connectivity index (χ4n) is 10.7. The maximum Gasteiger partial charge on any atom is 0.252 e. The summed E-state index contributed by atoms with van der Waals surface area (Å²) in [7, 11) is -2.83. The molecule has 0 aromatic heterocycles. The third kappa shape index (κ3) is 6.04. The predicted octanol–water partition coefficient (Wildman–Crippen LogP) is 10.6. The number of hydrogen-bond acceptors (Lipinski definition) is 2. The van der Waals surface area contributed by atoms with E-state index in [1.165, 1.54) is 93.5 Å². The number of benzene rings is 7. The molecule has 62 heavy (non-hydrogen) atoms. The van der Waals surface area contributed by atoms with Gasteiger partial charge in [-0.1, -0.05) is 198 Å². The molecule has 0 spiro atoms. The molecule has 3 heterocycles. The minimum Gasteiger partial charge on any atom is -0.312 e. The first-order valence-electron chi connectivity index (χ1n) is 22.7. The van der Waals surface area contributed by atoms with Gasteiger partial charge in [-0.2, -0.15) is 0 Å². The Morgan fingerprint density at radius 3 is 1.42 bits per heavy atom. The average Bonchev–Trinajstić information content (AvgIpc) is 3.23. The molecule has 0 amide bonds. The second kappa shape index (κ2) is 13.7. The molecule has 7 aromatic rings. The Balaban J connectivity index is 1.38. The first-order valence-corrected chi connectivity index (χ1v) is 24.7. The third-order valence-electron chi connectivity index (χ3n) is 14.1. The van der Waals surface area contributed by atoms with Crippen LogP contribution in [0.15, 0.2) is 152 Å². The minimum absolute atomic E-state index is 0.0290. The summed E-state index contributed by atoms with van der Waals surface area (Å²) in [6, 6.07) is 59.6. The van der Waals surface area contributed by atoms with Crippen molar-refractivity contribution in [3.63, 3.8) is 0 Å². The Hall–Kier alpha value is -5.58. The Morgan fingerprint density at radius 1 is 0.371 bits per heavy atom. The van der Waals surface area contributed by atoms with Crippen LogP contribution in [0.2, 0.25) is 0 Å². The molecular formula is C58H61BN2Si. The number of para-hydroxylation sites is 2. The van der Waals surface area contributed by atoms with Crippen LogP contribution in [0.25, 0.3) is 0 Å². The number of fused-ring (bicyclic) bond motifs is 6. The van der Waals surface area contributed by atoms with Gasteiger partial charge in [-0.05, 0) is 117 Å². The lowest BCUT2D eigenvalue weighted by Crippen LogP contribution is -2.79. The number of rotatable bonds is 3. The quantitative estimate of drug-likeness (QED) is 0.164. The lowest BCUT2D eigenvalue weighted by molar-refractivity contribution is 0.569. The van der Waals surface area contributed by atoms with Crippen LogP contribution in [0, 0.1) is 0 Å². The largest absolute Gasteiger partial charge is 0.312 e. The molecule has 310 valence electrons. The van der Waals surface area contributed by atoms with E-state index in [1.807, 2.05) is 0 Å².